The van der Waals surface area contributed by atoms with Crippen LogP contribution in [-0.4, -0.2) is 0 Å². The summed E-state index contributed by atoms with van der Waals surface area (Å²) >= 11 is 0. The van der Waals surface area contributed by atoms with Crippen LogP contribution in [0.3, 0.4) is 0 Å². The predicted molar refractivity (Wildman–Crippen MR) is 113 cm³/mol. The van der Waals surface area contributed by atoms with Gasteiger partial charge in [-0.3, -0.25) is 0 Å². The SMILES string of the molecule is CCCCCCc1ccc2cc(C3CCc4cc(F)c(F)cc4C3)ccc2c1. The molecule has 0 heterocycles. The van der Waals surface area contributed by atoms with E-state index in [4.69, 9.17) is 0 Å². The van der Waals surface area contributed by atoms with Crippen molar-refractivity contribution in [1.29, 1.82) is 0 Å². The van der Waals surface area contributed by atoms with E-state index in [2.05, 4.69) is 43.3 Å². The van der Waals surface area contributed by atoms with E-state index in [1.807, 2.05) is 0 Å². The van der Waals surface area contributed by atoms with Crippen molar-refractivity contribution in [3.05, 3.63) is 82.4 Å². The second-order valence-corrected chi connectivity index (χ2v) is 8.23. The number of benzene rings is 3. The highest BCUT2D eigenvalue weighted by molar-refractivity contribution is 5.84. The molecular formula is C26H28F2. The van der Waals surface area contributed by atoms with Gasteiger partial charge in [-0.25, -0.2) is 8.78 Å². The van der Waals surface area contributed by atoms with E-state index in [1.54, 1.807) is 0 Å². The molecule has 0 nitrogen and oxygen atoms in total. The fraction of sp³-hybridized carbons (Fsp3) is 0.385. The second kappa shape index (κ2) is 8.43. The third kappa shape index (κ3) is 4.11. The fourth-order valence-corrected chi connectivity index (χ4v) is 4.51. The number of unbranched alkanes of at least 4 members (excludes halogenated alkanes) is 3. The van der Waals surface area contributed by atoms with E-state index in [0.29, 0.717) is 5.92 Å². The molecule has 3 aromatic carbocycles. The Hall–Kier alpha value is -2.22. The van der Waals surface area contributed by atoms with Crippen molar-refractivity contribution < 1.29 is 8.78 Å². The molecule has 1 aliphatic carbocycles. The van der Waals surface area contributed by atoms with Crippen LogP contribution in [0.2, 0.25) is 0 Å². The zero-order chi connectivity index (χ0) is 19.5. The van der Waals surface area contributed by atoms with Gasteiger partial charge in [0.25, 0.3) is 0 Å². The van der Waals surface area contributed by atoms with Crippen LogP contribution in [0.5, 0.6) is 0 Å². The molecule has 0 fully saturated rings. The Morgan fingerprint density at radius 3 is 2.39 bits per heavy atom. The standard InChI is InChI=1S/C26H28F2/c1-2-3-4-5-6-18-7-8-20-14-21(10-9-19(20)13-18)22-11-12-23-16-25(27)26(28)17-24(23)15-22/h7-10,13-14,16-17,22H,2-6,11-12,15H2,1H3. The van der Waals surface area contributed by atoms with Crippen LogP contribution in [0.4, 0.5) is 8.78 Å². The lowest BCUT2D eigenvalue weighted by Gasteiger charge is -2.25. The van der Waals surface area contributed by atoms with Crippen LogP contribution in [0, 0.1) is 11.6 Å². The van der Waals surface area contributed by atoms with Crippen LogP contribution in [0.15, 0.2) is 48.5 Å². The van der Waals surface area contributed by atoms with E-state index < -0.39 is 11.6 Å². The normalized spacial score (nSPS) is 16.3. The van der Waals surface area contributed by atoms with Crippen LogP contribution >= 0.6 is 0 Å². The van der Waals surface area contributed by atoms with Gasteiger partial charge in [-0.15, -0.1) is 0 Å². The predicted octanol–water partition coefficient (Wildman–Crippen LogP) is 7.51. The van der Waals surface area contributed by atoms with Gasteiger partial charge in [-0.2, -0.15) is 0 Å². The smallest absolute Gasteiger partial charge is 0.159 e. The van der Waals surface area contributed by atoms with Crippen molar-refractivity contribution in [2.45, 2.75) is 64.2 Å². The molecule has 2 heteroatoms. The van der Waals surface area contributed by atoms with Gasteiger partial charge in [0.1, 0.15) is 0 Å². The zero-order valence-corrected chi connectivity index (χ0v) is 16.6. The van der Waals surface area contributed by atoms with Crippen LogP contribution < -0.4 is 0 Å². The molecule has 1 unspecified atom stereocenters. The number of aryl methyl sites for hydroxylation is 2. The third-order valence-electron chi connectivity index (χ3n) is 6.19. The maximum atomic E-state index is 13.6. The molecule has 0 bridgehead atoms. The first-order valence-corrected chi connectivity index (χ1v) is 10.6. The van der Waals surface area contributed by atoms with Gasteiger partial charge in [0.15, 0.2) is 11.6 Å². The molecule has 0 N–H and O–H groups in total. The third-order valence-corrected chi connectivity index (χ3v) is 6.19. The molecule has 0 saturated heterocycles. The zero-order valence-electron chi connectivity index (χ0n) is 16.6. The lowest BCUT2D eigenvalue weighted by molar-refractivity contribution is 0.496. The Morgan fingerprint density at radius 1 is 0.821 bits per heavy atom. The highest BCUT2D eigenvalue weighted by atomic mass is 19.2. The van der Waals surface area contributed by atoms with Gasteiger partial charge in [-0.05, 0) is 83.2 Å². The quantitative estimate of drug-likeness (QED) is 0.389. The first-order chi connectivity index (χ1) is 13.6. The van der Waals surface area contributed by atoms with E-state index >= 15 is 0 Å². The van der Waals surface area contributed by atoms with Gasteiger partial charge < -0.3 is 0 Å². The molecule has 1 atom stereocenters. The molecule has 1 aliphatic rings. The van der Waals surface area contributed by atoms with Gasteiger partial charge >= 0.3 is 0 Å². The topological polar surface area (TPSA) is 0 Å². The average Bonchev–Trinajstić information content (AvgIpc) is 2.71. The Bertz CT molecular complexity index is 974. The summed E-state index contributed by atoms with van der Waals surface area (Å²) in [5.41, 5.74) is 4.64. The van der Waals surface area contributed by atoms with Crippen molar-refractivity contribution in [3.8, 4) is 0 Å². The lowest BCUT2D eigenvalue weighted by Crippen LogP contribution is -2.13. The number of rotatable bonds is 6. The number of hydrogen-bond acceptors (Lipinski definition) is 0. The molecule has 0 amide bonds. The largest absolute Gasteiger partial charge is 0.204 e. The van der Waals surface area contributed by atoms with Crippen LogP contribution in [0.25, 0.3) is 10.8 Å². The Balaban J connectivity index is 1.51. The fourth-order valence-electron chi connectivity index (χ4n) is 4.51. The summed E-state index contributed by atoms with van der Waals surface area (Å²) in [5, 5.41) is 2.56. The minimum Gasteiger partial charge on any atom is -0.204 e. The molecule has 0 radical (unpaired) electrons. The number of halogens is 2. The molecule has 4 rings (SSSR count). The van der Waals surface area contributed by atoms with Gasteiger partial charge in [0, 0.05) is 0 Å². The maximum Gasteiger partial charge on any atom is 0.159 e. The maximum absolute atomic E-state index is 13.6. The summed E-state index contributed by atoms with van der Waals surface area (Å²) in [5.74, 6) is -1.09. The van der Waals surface area contributed by atoms with E-state index in [1.165, 1.54) is 59.7 Å². The summed E-state index contributed by atoms with van der Waals surface area (Å²) < 4.78 is 27.1. The average molecular weight is 379 g/mol. The highest BCUT2D eigenvalue weighted by Gasteiger charge is 2.22. The minimum absolute atomic E-state index is 0.371. The van der Waals surface area contributed by atoms with E-state index in [-0.39, 0.29) is 0 Å². The first-order valence-electron chi connectivity index (χ1n) is 10.6. The van der Waals surface area contributed by atoms with Crippen molar-refractivity contribution in [2.24, 2.45) is 0 Å². The minimum atomic E-state index is -0.732. The Morgan fingerprint density at radius 2 is 1.57 bits per heavy atom. The Kier molecular flexibility index (Phi) is 5.75. The van der Waals surface area contributed by atoms with Gasteiger partial charge in [0.05, 0.1) is 0 Å². The van der Waals surface area contributed by atoms with Crippen LogP contribution in [-0.2, 0) is 19.3 Å². The summed E-state index contributed by atoms with van der Waals surface area (Å²) in [6, 6.07) is 16.3. The van der Waals surface area contributed by atoms with Crippen molar-refractivity contribution >= 4 is 10.8 Å². The molecule has 28 heavy (non-hydrogen) atoms. The van der Waals surface area contributed by atoms with Crippen molar-refractivity contribution in [1.82, 2.24) is 0 Å². The second-order valence-electron chi connectivity index (χ2n) is 8.23. The molecule has 146 valence electrons. The number of fused-ring (bicyclic) bond motifs is 2. The van der Waals surface area contributed by atoms with Crippen LogP contribution in [0.1, 0.15) is 67.2 Å². The molecular weight excluding hydrogens is 350 g/mol. The summed E-state index contributed by atoms with van der Waals surface area (Å²) in [4.78, 5) is 0. The highest BCUT2D eigenvalue weighted by Crippen LogP contribution is 2.35. The molecule has 0 saturated carbocycles. The summed E-state index contributed by atoms with van der Waals surface area (Å²) in [7, 11) is 0. The molecule has 0 aromatic heterocycles. The number of hydrogen-bond donors (Lipinski definition) is 0. The molecule has 0 aliphatic heterocycles. The van der Waals surface area contributed by atoms with Crippen molar-refractivity contribution in [3.63, 3.8) is 0 Å². The molecule has 3 aromatic rings. The van der Waals surface area contributed by atoms with Gasteiger partial charge in [-0.1, -0.05) is 62.6 Å². The lowest BCUT2D eigenvalue weighted by atomic mass is 9.79. The van der Waals surface area contributed by atoms with E-state index in [0.717, 1.165) is 36.8 Å². The first kappa shape index (κ1) is 19.1. The summed E-state index contributed by atoms with van der Waals surface area (Å²) in [6.45, 7) is 2.24. The summed E-state index contributed by atoms with van der Waals surface area (Å²) in [6.07, 6.45) is 8.89. The monoisotopic (exact) mass is 378 g/mol. The van der Waals surface area contributed by atoms with Gasteiger partial charge in [0.2, 0.25) is 0 Å². The molecule has 0 spiro atoms. The van der Waals surface area contributed by atoms with E-state index in [9.17, 15) is 8.78 Å². The Labute approximate surface area is 166 Å². The van der Waals surface area contributed by atoms with Crippen molar-refractivity contribution in [2.75, 3.05) is 0 Å².